The van der Waals surface area contributed by atoms with Gasteiger partial charge in [-0.25, -0.2) is 0 Å². The molecule has 3 rings (SSSR count). The highest BCUT2D eigenvalue weighted by atomic mass is 32.2. The summed E-state index contributed by atoms with van der Waals surface area (Å²) in [6, 6.07) is 6.14. The highest BCUT2D eigenvalue weighted by molar-refractivity contribution is 8.01. The molecule has 1 atom stereocenters. The van der Waals surface area contributed by atoms with Gasteiger partial charge in [0.15, 0.2) is 0 Å². The first-order valence-electron chi connectivity index (χ1n) is 6.50. The molecule has 1 saturated heterocycles. The summed E-state index contributed by atoms with van der Waals surface area (Å²) in [5, 5.41) is 6.39. The minimum atomic E-state index is -0.239. The molecule has 0 radical (unpaired) electrons. The molecule has 2 N–H and O–H groups in total. The zero-order chi connectivity index (χ0) is 12.6. The molecule has 0 aromatic heterocycles. The molecule has 96 valence electrons. The van der Waals surface area contributed by atoms with Crippen molar-refractivity contribution in [3.63, 3.8) is 0 Å². The maximum absolute atomic E-state index is 12.3. The third-order valence-electron chi connectivity index (χ3n) is 3.77. The first kappa shape index (κ1) is 11.9. The Bertz CT molecular complexity index is 481. The number of fused-ring (bicyclic) bond motifs is 1. The molecule has 1 amide bonds. The largest absolute Gasteiger partial charge is 0.384 e. The Morgan fingerprint density at radius 2 is 2.39 bits per heavy atom. The first-order valence-corrected chi connectivity index (χ1v) is 7.48. The van der Waals surface area contributed by atoms with Crippen molar-refractivity contribution in [3.8, 4) is 0 Å². The molecule has 18 heavy (non-hydrogen) atoms. The van der Waals surface area contributed by atoms with Gasteiger partial charge in [-0.3, -0.25) is 4.79 Å². The van der Waals surface area contributed by atoms with Gasteiger partial charge in [-0.2, -0.15) is 0 Å². The van der Waals surface area contributed by atoms with Gasteiger partial charge < -0.3 is 10.6 Å². The molecule has 0 bridgehead atoms. The third-order valence-corrected chi connectivity index (χ3v) is 5.29. The second-order valence-corrected chi connectivity index (χ2v) is 6.78. The molecule has 4 heteroatoms. The molecule has 0 aliphatic carbocycles. The fourth-order valence-electron chi connectivity index (χ4n) is 2.60. The van der Waals surface area contributed by atoms with Gasteiger partial charge in [0.25, 0.3) is 0 Å². The van der Waals surface area contributed by atoms with Gasteiger partial charge in [0.05, 0.1) is 4.75 Å². The zero-order valence-corrected chi connectivity index (χ0v) is 11.4. The Labute approximate surface area is 112 Å². The van der Waals surface area contributed by atoms with Crippen LogP contribution in [0.4, 0.5) is 11.4 Å². The van der Waals surface area contributed by atoms with Crippen molar-refractivity contribution in [2.24, 2.45) is 0 Å². The average molecular weight is 262 g/mol. The highest BCUT2D eigenvalue weighted by Gasteiger charge is 2.37. The van der Waals surface area contributed by atoms with Gasteiger partial charge in [0.2, 0.25) is 5.91 Å². The zero-order valence-electron chi connectivity index (χ0n) is 10.6. The summed E-state index contributed by atoms with van der Waals surface area (Å²) in [6.45, 7) is 3.05. The fourth-order valence-corrected chi connectivity index (χ4v) is 3.81. The van der Waals surface area contributed by atoms with Crippen LogP contribution in [-0.2, 0) is 11.2 Å². The number of thioether (sulfide) groups is 1. The van der Waals surface area contributed by atoms with E-state index in [2.05, 4.69) is 29.7 Å². The van der Waals surface area contributed by atoms with E-state index in [1.807, 2.05) is 6.07 Å². The monoisotopic (exact) mass is 262 g/mol. The number of rotatable bonds is 2. The molecule has 1 aromatic rings. The normalized spacial score (nSPS) is 25.6. The predicted octanol–water partition coefficient (Wildman–Crippen LogP) is 2.88. The number of benzene rings is 1. The molecule has 0 spiro atoms. The first-order chi connectivity index (χ1) is 8.67. The Kier molecular flexibility index (Phi) is 2.98. The summed E-state index contributed by atoms with van der Waals surface area (Å²) in [5.41, 5.74) is 3.43. The van der Waals surface area contributed by atoms with Crippen molar-refractivity contribution in [3.05, 3.63) is 23.8 Å². The standard InChI is InChI=1S/C14H18N2OS/c1-14(6-2-8-18-14)13(17)16-11-3-4-12-10(9-11)5-7-15-12/h3-4,9,15H,2,5-8H2,1H3,(H,16,17). The Morgan fingerprint density at radius 3 is 3.17 bits per heavy atom. The van der Waals surface area contributed by atoms with Crippen molar-refractivity contribution in [2.45, 2.75) is 30.9 Å². The van der Waals surface area contributed by atoms with Gasteiger partial charge in [-0.1, -0.05) is 0 Å². The minimum Gasteiger partial charge on any atom is -0.384 e. The fraction of sp³-hybridized carbons (Fsp3) is 0.500. The van der Waals surface area contributed by atoms with E-state index < -0.39 is 0 Å². The number of nitrogens with one attached hydrogen (secondary N) is 2. The average Bonchev–Trinajstić information content (AvgIpc) is 2.98. The van der Waals surface area contributed by atoms with Crippen LogP contribution in [0.5, 0.6) is 0 Å². The maximum Gasteiger partial charge on any atom is 0.240 e. The van der Waals surface area contributed by atoms with Crippen molar-refractivity contribution in [1.82, 2.24) is 0 Å². The predicted molar refractivity (Wildman–Crippen MR) is 77.4 cm³/mol. The van der Waals surface area contributed by atoms with Gasteiger partial charge in [0.1, 0.15) is 0 Å². The lowest BCUT2D eigenvalue weighted by atomic mass is 10.0. The number of amides is 1. The second-order valence-electron chi connectivity index (χ2n) is 5.19. The Morgan fingerprint density at radius 1 is 1.50 bits per heavy atom. The van der Waals surface area contributed by atoms with E-state index in [4.69, 9.17) is 0 Å². The number of carbonyl (C=O) groups excluding carboxylic acids is 1. The van der Waals surface area contributed by atoms with E-state index in [1.54, 1.807) is 11.8 Å². The van der Waals surface area contributed by atoms with Gasteiger partial charge in [-0.05, 0) is 55.7 Å². The lowest BCUT2D eigenvalue weighted by molar-refractivity contribution is -0.118. The van der Waals surface area contributed by atoms with Crippen LogP contribution in [0.2, 0.25) is 0 Å². The minimum absolute atomic E-state index is 0.149. The summed E-state index contributed by atoms with van der Waals surface area (Å²) < 4.78 is -0.239. The quantitative estimate of drug-likeness (QED) is 0.861. The van der Waals surface area contributed by atoms with E-state index in [1.165, 1.54) is 11.3 Å². The summed E-state index contributed by atoms with van der Waals surface area (Å²) >= 11 is 1.77. The topological polar surface area (TPSA) is 41.1 Å². The molecular formula is C14H18N2OS. The molecule has 2 heterocycles. The Balaban J connectivity index is 1.74. The van der Waals surface area contributed by atoms with E-state index >= 15 is 0 Å². The van der Waals surface area contributed by atoms with Crippen LogP contribution >= 0.6 is 11.8 Å². The number of hydrogen-bond donors (Lipinski definition) is 2. The van der Waals surface area contributed by atoms with Crippen LogP contribution in [0.3, 0.4) is 0 Å². The molecule has 1 fully saturated rings. The summed E-state index contributed by atoms with van der Waals surface area (Å²) in [5.74, 6) is 1.24. The maximum atomic E-state index is 12.3. The van der Waals surface area contributed by atoms with Gasteiger partial charge >= 0.3 is 0 Å². The number of hydrogen-bond acceptors (Lipinski definition) is 3. The Hall–Kier alpha value is -1.16. The highest BCUT2D eigenvalue weighted by Crippen LogP contribution is 2.38. The number of anilines is 2. The van der Waals surface area contributed by atoms with Crippen LogP contribution in [-0.4, -0.2) is 23.0 Å². The van der Waals surface area contributed by atoms with Crippen molar-refractivity contribution in [1.29, 1.82) is 0 Å². The SMILES string of the molecule is CC1(C(=O)Nc2ccc3c(c2)CCN3)CCCS1. The van der Waals surface area contributed by atoms with Crippen LogP contribution in [0, 0.1) is 0 Å². The second kappa shape index (κ2) is 4.50. The van der Waals surface area contributed by atoms with E-state index in [-0.39, 0.29) is 10.7 Å². The van der Waals surface area contributed by atoms with Gasteiger partial charge in [0, 0.05) is 17.9 Å². The summed E-state index contributed by atoms with van der Waals surface area (Å²) in [4.78, 5) is 12.3. The van der Waals surface area contributed by atoms with Crippen LogP contribution in [0.1, 0.15) is 25.3 Å². The molecule has 2 aliphatic heterocycles. The molecular weight excluding hydrogens is 244 g/mol. The van der Waals surface area contributed by atoms with E-state index in [0.717, 1.165) is 37.2 Å². The van der Waals surface area contributed by atoms with Crippen molar-refractivity contribution < 1.29 is 4.79 Å². The molecule has 1 aromatic carbocycles. The molecule has 2 aliphatic rings. The van der Waals surface area contributed by atoms with Gasteiger partial charge in [-0.15, -0.1) is 11.8 Å². The van der Waals surface area contributed by atoms with Crippen molar-refractivity contribution in [2.75, 3.05) is 22.9 Å². The lowest BCUT2D eigenvalue weighted by Crippen LogP contribution is -2.34. The smallest absolute Gasteiger partial charge is 0.240 e. The number of carbonyl (C=O) groups is 1. The van der Waals surface area contributed by atoms with Crippen molar-refractivity contribution >= 4 is 29.0 Å². The molecule has 3 nitrogen and oxygen atoms in total. The van der Waals surface area contributed by atoms with Crippen LogP contribution in [0.15, 0.2) is 18.2 Å². The molecule has 0 saturated carbocycles. The molecule has 1 unspecified atom stereocenters. The lowest BCUT2D eigenvalue weighted by Gasteiger charge is -2.21. The summed E-state index contributed by atoms with van der Waals surface area (Å²) in [6.07, 6.45) is 3.17. The summed E-state index contributed by atoms with van der Waals surface area (Å²) in [7, 11) is 0. The third kappa shape index (κ3) is 2.09. The van der Waals surface area contributed by atoms with Crippen LogP contribution < -0.4 is 10.6 Å². The van der Waals surface area contributed by atoms with E-state index in [9.17, 15) is 4.79 Å². The van der Waals surface area contributed by atoms with E-state index in [0.29, 0.717) is 0 Å². The van der Waals surface area contributed by atoms with Crippen LogP contribution in [0.25, 0.3) is 0 Å².